The van der Waals surface area contributed by atoms with Crippen LogP contribution < -0.4 is 4.74 Å². The molecule has 3 rings (SSSR count). The molecule has 2 atom stereocenters. The summed E-state index contributed by atoms with van der Waals surface area (Å²) in [4.78, 5) is 16.4. The lowest BCUT2D eigenvalue weighted by molar-refractivity contribution is -0.130. The summed E-state index contributed by atoms with van der Waals surface area (Å²) in [6.45, 7) is 4.63. The Bertz CT molecular complexity index is 519. The zero-order valence-electron chi connectivity index (χ0n) is 14.0. The third kappa shape index (κ3) is 4.47. The first-order valence-corrected chi connectivity index (χ1v) is 8.69. The molecule has 0 aromatic heterocycles. The summed E-state index contributed by atoms with van der Waals surface area (Å²) in [5.74, 6) is 0.926. The van der Waals surface area contributed by atoms with Crippen LogP contribution in [0.2, 0.25) is 0 Å². The highest BCUT2D eigenvalue weighted by Gasteiger charge is 2.37. The van der Waals surface area contributed by atoms with Crippen molar-refractivity contribution in [1.29, 1.82) is 0 Å². The second kappa shape index (κ2) is 8.46. The van der Waals surface area contributed by atoms with E-state index >= 15 is 0 Å². The topological polar surface area (TPSA) is 62.2 Å². The van der Waals surface area contributed by atoms with Crippen LogP contribution in [0, 0.1) is 0 Å². The Hall–Kier alpha value is -1.63. The fourth-order valence-corrected chi connectivity index (χ4v) is 3.33. The van der Waals surface area contributed by atoms with Gasteiger partial charge in [0.2, 0.25) is 5.91 Å². The van der Waals surface area contributed by atoms with E-state index in [1.807, 2.05) is 30.3 Å². The Morgan fingerprint density at radius 1 is 1.21 bits per heavy atom. The number of aliphatic hydroxyl groups excluding tert-OH is 1. The maximum absolute atomic E-state index is 12.3. The normalized spacial score (nSPS) is 25.0. The molecule has 1 N–H and O–H groups in total. The minimum Gasteiger partial charge on any atom is -0.494 e. The molecule has 24 heavy (non-hydrogen) atoms. The van der Waals surface area contributed by atoms with Crippen molar-refractivity contribution in [2.75, 3.05) is 46.0 Å². The smallest absolute Gasteiger partial charge is 0.222 e. The number of nitrogens with zero attached hydrogens (tertiary/aromatic N) is 2. The molecule has 1 aromatic carbocycles. The zero-order valence-corrected chi connectivity index (χ0v) is 14.0. The maximum Gasteiger partial charge on any atom is 0.222 e. The van der Waals surface area contributed by atoms with Crippen LogP contribution in [-0.4, -0.2) is 79.0 Å². The van der Waals surface area contributed by atoms with E-state index in [2.05, 4.69) is 4.90 Å². The molecule has 1 aromatic rings. The van der Waals surface area contributed by atoms with Gasteiger partial charge in [-0.3, -0.25) is 9.69 Å². The van der Waals surface area contributed by atoms with E-state index < -0.39 is 6.10 Å². The van der Waals surface area contributed by atoms with Crippen LogP contribution in [0.5, 0.6) is 5.75 Å². The van der Waals surface area contributed by atoms with Gasteiger partial charge in [-0.15, -0.1) is 0 Å². The van der Waals surface area contributed by atoms with E-state index in [1.54, 1.807) is 4.90 Å². The fourth-order valence-electron chi connectivity index (χ4n) is 3.33. The Balaban J connectivity index is 1.39. The van der Waals surface area contributed by atoms with Gasteiger partial charge in [0.1, 0.15) is 5.75 Å². The highest BCUT2D eigenvalue weighted by Crippen LogP contribution is 2.19. The number of amides is 1. The molecule has 0 spiro atoms. The van der Waals surface area contributed by atoms with Crippen LogP contribution in [0.4, 0.5) is 0 Å². The third-order valence-electron chi connectivity index (χ3n) is 4.67. The predicted molar refractivity (Wildman–Crippen MR) is 89.9 cm³/mol. The Labute approximate surface area is 143 Å². The second-order valence-corrected chi connectivity index (χ2v) is 6.35. The summed E-state index contributed by atoms with van der Waals surface area (Å²) < 4.78 is 11.0. The van der Waals surface area contributed by atoms with Crippen molar-refractivity contribution in [1.82, 2.24) is 9.80 Å². The third-order valence-corrected chi connectivity index (χ3v) is 4.67. The number of benzene rings is 1. The molecule has 132 valence electrons. The molecule has 2 saturated heterocycles. The van der Waals surface area contributed by atoms with E-state index in [4.69, 9.17) is 9.47 Å². The van der Waals surface area contributed by atoms with Gasteiger partial charge >= 0.3 is 0 Å². The number of rotatable bonds is 6. The first-order valence-electron chi connectivity index (χ1n) is 8.69. The number of hydrogen-bond acceptors (Lipinski definition) is 5. The number of ether oxygens (including phenoxy) is 2. The predicted octanol–water partition coefficient (Wildman–Crippen LogP) is 0.750. The molecule has 6 heteroatoms. The van der Waals surface area contributed by atoms with Gasteiger partial charge in [-0.1, -0.05) is 18.2 Å². The molecule has 2 aliphatic rings. The van der Waals surface area contributed by atoms with E-state index in [0.717, 1.165) is 18.8 Å². The molecule has 0 radical (unpaired) electrons. The van der Waals surface area contributed by atoms with Gasteiger partial charge in [0.25, 0.3) is 0 Å². The van der Waals surface area contributed by atoms with E-state index in [9.17, 15) is 9.90 Å². The summed E-state index contributed by atoms with van der Waals surface area (Å²) in [5, 5.41) is 10.3. The number of β-amino-alcohol motifs (C(OH)–C–C–N with tert-alkyl or cyclic N) is 1. The number of aliphatic hydroxyl groups is 1. The molecule has 6 nitrogen and oxygen atoms in total. The van der Waals surface area contributed by atoms with E-state index in [0.29, 0.717) is 45.8 Å². The summed E-state index contributed by atoms with van der Waals surface area (Å²) in [6.07, 6.45) is 0.672. The van der Waals surface area contributed by atoms with E-state index in [-0.39, 0.29) is 11.9 Å². The Morgan fingerprint density at radius 2 is 1.96 bits per heavy atom. The molecule has 2 aliphatic heterocycles. The van der Waals surface area contributed by atoms with Gasteiger partial charge < -0.3 is 19.5 Å². The maximum atomic E-state index is 12.3. The molecule has 0 bridgehead atoms. The van der Waals surface area contributed by atoms with Gasteiger partial charge in [0.15, 0.2) is 0 Å². The van der Waals surface area contributed by atoms with Crippen molar-refractivity contribution in [3.63, 3.8) is 0 Å². The second-order valence-electron chi connectivity index (χ2n) is 6.35. The standard InChI is InChI=1S/C18H26N2O4/c21-17-14-20(13-16(17)19-8-11-23-12-9-19)18(22)7-4-10-24-15-5-2-1-3-6-15/h1-3,5-6,16-17,21H,4,7-14H2/t16-,17-/m1/s1. The molecule has 0 aliphatic carbocycles. The van der Waals surface area contributed by atoms with Crippen molar-refractivity contribution in [2.45, 2.75) is 25.0 Å². The van der Waals surface area contributed by atoms with Crippen LogP contribution in [-0.2, 0) is 9.53 Å². The van der Waals surface area contributed by atoms with Crippen LogP contribution in [0.1, 0.15) is 12.8 Å². The summed E-state index contributed by atoms with van der Waals surface area (Å²) in [5.41, 5.74) is 0. The van der Waals surface area contributed by atoms with Gasteiger partial charge in [0.05, 0.1) is 32.0 Å². The Kier molecular flexibility index (Phi) is 6.07. The number of carbonyl (C=O) groups is 1. The van der Waals surface area contributed by atoms with Crippen molar-refractivity contribution in [2.24, 2.45) is 0 Å². The first kappa shape index (κ1) is 17.2. The van der Waals surface area contributed by atoms with Crippen molar-refractivity contribution in [3.05, 3.63) is 30.3 Å². The summed E-state index contributed by atoms with van der Waals surface area (Å²) >= 11 is 0. The van der Waals surface area contributed by atoms with E-state index in [1.165, 1.54) is 0 Å². The molecule has 1 amide bonds. The lowest BCUT2D eigenvalue weighted by atomic mass is 10.1. The summed E-state index contributed by atoms with van der Waals surface area (Å²) in [6, 6.07) is 9.66. The molecule has 2 heterocycles. The number of morpholine rings is 1. The molecule has 2 fully saturated rings. The lowest BCUT2D eigenvalue weighted by Gasteiger charge is -2.33. The molecule has 0 saturated carbocycles. The minimum absolute atomic E-state index is 0.0402. The monoisotopic (exact) mass is 334 g/mol. The average molecular weight is 334 g/mol. The van der Waals surface area contributed by atoms with Gasteiger partial charge in [0, 0.05) is 32.6 Å². The largest absolute Gasteiger partial charge is 0.494 e. The summed E-state index contributed by atoms with van der Waals surface area (Å²) in [7, 11) is 0. The van der Waals surface area contributed by atoms with Crippen molar-refractivity contribution in [3.8, 4) is 5.75 Å². The number of carbonyl (C=O) groups excluding carboxylic acids is 1. The zero-order chi connectivity index (χ0) is 16.8. The van der Waals surface area contributed by atoms with Crippen molar-refractivity contribution < 1.29 is 19.4 Å². The van der Waals surface area contributed by atoms with Crippen LogP contribution in [0.3, 0.4) is 0 Å². The van der Waals surface area contributed by atoms with Crippen molar-refractivity contribution >= 4 is 5.91 Å². The lowest BCUT2D eigenvalue weighted by Crippen LogP contribution is -2.49. The molecular weight excluding hydrogens is 308 g/mol. The number of likely N-dealkylation sites (tertiary alicyclic amines) is 1. The van der Waals surface area contributed by atoms with Crippen LogP contribution in [0.15, 0.2) is 30.3 Å². The SMILES string of the molecule is O=C(CCCOc1ccccc1)N1C[C@@H](O)[C@H](N2CCOCC2)C1. The van der Waals surface area contributed by atoms with Crippen LogP contribution >= 0.6 is 0 Å². The number of para-hydroxylation sites is 1. The average Bonchev–Trinajstić information content (AvgIpc) is 3.02. The molecular formula is C18H26N2O4. The quantitative estimate of drug-likeness (QED) is 0.778. The van der Waals surface area contributed by atoms with Gasteiger partial charge in [-0.2, -0.15) is 0 Å². The Morgan fingerprint density at radius 3 is 2.71 bits per heavy atom. The highest BCUT2D eigenvalue weighted by atomic mass is 16.5. The minimum atomic E-state index is -0.465. The van der Waals surface area contributed by atoms with Gasteiger partial charge in [-0.25, -0.2) is 0 Å². The van der Waals surface area contributed by atoms with Crippen LogP contribution in [0.25, 0.3) is 0 Å². The fraction of sp³-hybridized carbons (Fsp3) is 0.611. The number of hydrogen-bond donors (Lipinski definition) is 1. The van der Waals surface area contributed by atoms with Gasteiger partial charge in [-0.05, 0) is 18.6 Å². The molecule has 0 unspecified atom stereocenters. The highest BCUT2D eigenvalue weighted by molar-refractivity contribution is 5.76. The first-order chi connectivity index (χ1) is 11.7.